The summed E-state index contributed by atoms with van der Waals surface area (Å²) in [6, 6.07) is 8.32. The Kier molecular flexibility index (Phi) is 7.17. The van der Waals surface area contributed by atoms with E-state index in [1.807, 2.05) is 30.3 Å². The summed E-state index contributed by atoms with van der Waals surface area (Å²) in [7, 11) is 0. The zero-order chi connectivity index (χ0) is 15.5. The van der Waals surface area contributed by atoms with E-state index in [9.17, 15) is 9.59 Å². The Morgan fingerprint density at radius 2 is 2.05 bits per heavy atom. The number of azide groups is 1. The largest absolute Gasteiger partial charge is 0.464 e. The lowest BCUT2D eigenvalue weighted by molar-refractivity contribution is -0.145. The van der Waals surface area contributed by atoms with Gasteiger partial charge in [-0.25, -0.2) is 9.59 Å². The maximum absolute atomic E-state index is 11.5. The lowest BCUT2D eigenvalue weighted by Crippen LogP contribution is -2.40. The lowest BCUT2D eigenvalue weighted by Gasteiger charge is -2.13. The number of amides is 1. The Hall–Kier alpha value is -2.73. The van der Waals surface area contributed by atoms with Crippen LogP contribution in [-0.2, 0) is 20.9 Å². The van der Waals surface area contributed by atoms with Gasteiger partial charge >= 0.3 is 12.1 Å². The first-order valence-corrected chi connectivity index (χ1v) is 6.28. The highest BCUT2D eigenvalue weighted by Gasteiger charge is 2.17. The van der Waals surface area contributed by atoms with Gasteiger partial charge in [0.25, 0.3) is 0 Å². The molecule has 0 saturated carbocycles. The number of esters is 1. The fourth-order valence-electron chi connectivity index (χ4n) is 1.36. The fraction of sp³-hybridized carbons (Fsp3) is 0.385. The number of carbonyl (C=O) groups is 2. The molecule has 112 valence electrons. The normalized spacial score (nSPS) is 10.9. The van der Waals surface area contributed by atoms with E-state index >= 15 is 0 Å². The van der Waals surface area contributed by atoms with Crippen molar-refractivity contribution in [1.82, 2.24) is 5.32 Å². The van der Waals surface area contributed by atoms with Crippen molar-refractivity contribution in [2.24, 2.45) is 5.11 Å². The molecule has 0 saturated heterocycles. The minimum Gasteiger partial charge on any atom is -0.464 e. The average Bonchev–Trinajstić information content (AvgIpc) is 2.50. The van der Waals surface area contributed by atoms with Gasteiger partial charge in [-0.15, -0.1) is 0 Å². The molecule has 8 heteroatoms. The van der Waals surface area contributed by atoms with Gasteiger partial charge in [-0.05, 0) is 18.0 Å². The number of benzene rings is 1. The zero-order valence-corrected chi connectivity index (χ0v) is 11.6. The highest BCUT2D eigenvalue weighted by Crippen LogP contribution is 2.01. The maximum Gasteiger partial charge on any atom is 0.408 e. The molecule has 8 nitrogen and oxygen atoms in total. The van der Waals surface area contributed by atoms with E-state index in [1.54, 1.807) is 0 Å². The molecular weight excluding hydrogens is 276 g/mol. The summed E-state index contributed by atoms with van der Waals surface area (Å²) in [6.45, 7) is 1.60. The summed E-state index contributed by atoms with van der Waals surface area (Å²) in [4.78, 5) is 25.5. The number of alkyl carbamates (subject to hydrolysis) is 1. The van der Waals surface area contributed by atoms with Crippen molar-refractivity contribution in [2.45, 2.75) is 19.6 Å². The van der Waals surface area contributed by atoms with Gasteiger partial charge in [-0.3, -0.25) is 0 Å². The van der Waals surface area contributed by atoms with Gasteiger partial charge in [0.15, 0.2) is 0 Å². The van der Waals surface area contributed by atoms with Crippen LogP contribution in [0.3, 0.4) is 0 Å². The third-order valence-electron chi connectivity index (χ3n) is 2.40. The molecule has 1 rings (SSSR count). The van der Waals surface area contributed by atoms with Gasteiger partial charge in [0.05, 0.1) is 13.2 Å². The molecule has 0 aromatic heterocycles. The maximum atomic E-state index is 11.5. The summed E-state index contributed by atoms with van der Waals surface area (Å²) in [5.41, 5.74) is 8.90. The van der Waals surface area contributed by atoms with Crippen molar-refractivity contribution in [2.75, 3.05) is 13.2 Å². The smallest absolute Gasteiger partial charge is 0.408 e. The van der Waals surface area contributed by atoms with Gasteiger partial charge in [-0.1, -0.05) is 35.4 Å². The molecule has 0 radical (unpaired) electrons. The second kappa shape index (κ2) is 9.22. The number of carbonyl (C=O) groups excluding carboxylic acids is 2. The first-order valence-electron chi connectivity index (χ1n) is 6.28. The summed E-state index contributed by atoms with van der Waals surface area (Å²) >= 11 is 0. The van der Waals surface area contributed by atoms with Crippen molar-refractivity contribution in [1.29, 1.82) is 0 Å². The van der Waals surface area contributed by atoms with E-state index in [0.717, 1.165) is 5.56 Å². The third-order valence-corrected chi connectivity index (χ3v) is 2.40. The molecule has 0 aliphatic carbocycles. The number of hydrogen-bond acceptors (Lipinski definition) is 5. The Morgan fingerprint density at radius 1 is 1.33 bits per heavy atom. The topological polar surface area (TPSA) is 113 Å². The van der Waals surface area contributed by atoms with Gasteiger partial charge in [0.2, 0.25) is 0 Å². The molecule has 1 N–H and O–H groups in total. The summed E-state index contributed by atoms with van der Waals surface area (Å²) in [6.07, 6.45) is -0.710. The van der Waals surface area contributed by atoms with E-state index < -0.39 is 18.1 Å². The molecule has 1 aromatic carbocycles. The summed E-state index contributed by atoms with van der Waals surface area (Å²) < 4.78 is 9.76. The molecule has 0 heterocycles. The van der Waals surface area contributed by atoms with Crippen molar-refractivity contribution in [3.05, 3.63) is 46.3 Å². The van der Waals surface area contributed by atoms with Crippen LogP contribution < -0.4 is 5.32 Å². The molecule has 21 heavy (non-hydrogen) atoms. The molecule has 0 aliphatic rings. The van der Waals surface area contributed by atoms with E-state index in [1.165, 1.54) is 6.92 Å². The Morgan fingerprint density at radius 3 is 2.71 bits per heavy atom. The van der Waals surface area contributed by atoms with Crippen molar-refractivity contribution < 1.29 is 19.1 Å². The molecule has 0 bridgehead atoms. The minimum absolute atomic E-state index is 0.0338. The zero-order valence-electron chi connectivity index (χ0n) is 11.6. The summed E-state index contributed by atoms with van der Waals surface area (Å²) in [5, 5.41) is 5.57. The van der Waals surface area contributed by atoms with Crippen molar-refractivity contribution in [3.63, 3.8) is 0 Å². The van der Waals surface area contributed by atoms with Crippen LogP contribution in [0.4, 0.5) is 4.79 Å². The van der Waals surface area contributed by atoms with Crippen LogP contribution in [0, 0.1) is 0 Å². The molecule has 0 aliphatic heterocycles. The minimum atomic E-state index is -0.848. The molecule has 1 atom stereocenters. The van der Waals surface area contributed by atoms with Gasteiger partial charge < -0.3 is 14.8 Å². The first kappa shape index (κ1) is 16.3. The van der Waals surface area contributed by atoms with Gasteiger partial charge in [-0.2, -0.15) is 0 Å². The van der Waals surface area contributed by atoms with Crippen LogP contribution in [0.15, 0.2) is 35.4 Å². The van der Waals surface area contributed by atoms with Crippen molar-refractivity contribution in [3.8, 4) is 0 Å². The third kappa shape index (κ3) is 6.84. The van der Waals surface area contributed by atoms with E-state index in [0.29, 0.717) is 0 Å². The van der Waals surface area contributed by atoms with E-state index in [-0.39, 0.29) is 19.8 Å². The molecular formula is C13H16N4O4. The number of nitrogens with zero attached hydrogens (tertiary/aromatic N) is 3. The Bertz CT molecular complexity index is 514. The quantitative estimate of drug-likeness (QED) is 0.272. The molecule has 0 unspecified atom stereocenters. The van der Waals surface area contributed by atoms with Crippen molar-refractivity contribution >= 4 is 12.1 Å². The lowest BCUT2D eigenvalue weighted by atomic mass is 10.2. The van der Waals surface area contributed by atoms with Crippen LogP contribution in [0.2, 0.25) is 0 Å². The molecule has 1 aromatic rings. The summed E-state index contributed by atoms with van der Waals surface area (Å²) in [5.74, 6) is -0.625. The SMILES string of the molecule is C[C@H](NC(=O)OCc1ccccc1)C(=O)OCCN=[N+]=[N-]. The predicted octanol–water partition coefficient (Wildman–Crippen LogP) is 2.15. The predicted molar refractivity (Wildman–Crippen MR) is 74.2 cm³/mol. The van der Waals surface area contributed by atoms with Crippen LogP contribution in [-0.4, -0.2) is 31.3 Å². The Labute approximate surface area is 121 Å². The van der Waals surface area contributed by atoms with E-state index in [2.05, 4.69) is 15.3 Å². The molecule has 1 amide bonds. The van der Waals surface area contributed by atoms with Crippen LogP contribution in [0.1, 0.15) is 12.5 Å². The average molecular weight is 292 g/mol. The van der Waals surface area contributed by atoms with Crippen LogP contribution >= 0.6 is 0 Å². The number of rotatable bonds is 7. The standard InChI is InChI=1S/C13H16N4O4/c1-10(12(18)20-8-7-15-17-14)16-13(19)21-9-11-5-3-2-4-6-11/h2-6,10H,7-9H2,1H3,(H,16,19)/t10-/m0/s1. The highest BCUT2D eigenvalue weighted by atomic mass is 16.6. The van der Waals surface area contributed by atoms with Crippen LogP contribution in [0.5, 0.6) is 0 Å². The monoisotopic (exact) mass is 292 g/mol. The van der Waals surface area contributed by atoms with Crippen LogP contribution in [0.25, 0.3) is 10.4 Å². The van der Waals surface area contributed by atoms with Gasteiger partial charge in [0.1, 0.15) is 12.6 Å². The second-order valence-corrected chi connectivity index (χ2v) is 4.05. The first-order chi connectivity index (χ1) is 10.1. The highest BCUT2D eigenvalue weighted by molar-refractivity contribution is 5.80. The molecule has 0 fully saturated rings. The second-order valence-electron chi connectivity index (χ2n) is 4.05. The number of hydrogen-bond donors (Lipinski definition) is 1. The fourth-order valence-corrected chi connectivity index (χ4v) is 1.36. The number of nitrogens with one attached hydrogen (secondary N) is 1. The molecule has 0 spiro atoms. The van der Waals surface area contributed by atoms with E-state index in [4.69, 9.17) is 15.0 Å². The van der Waals surface area contributed by atoms with Gasteiger partial charge in [0, 0.05) is 4.91 Å². The number of ether oxygens (including phenoxy) is 2. The Balaban J connectivity index is 2.26.